The minimum absolute atomic E-state index is 0.0291. The summed E-state index contributed by atoms with van der Waals surface area (Å²) in [6.07, 6.45) is 0. The van der Waals surface area contributed by atoms with Crippen molar-refractivity contribution in [3.63, 3.8) is 0 Å². The smallest absolute Gasteiger partial charge is 0.343 e. The van der Waals surface area contributed by atoms with Crippen molar-refractivity contribution < 1.29 is 8.42 Å². The second-order valence-electron chi connectivity index (χ2n) is 4.77. The van der Waals surface area contributed by atoms with E-state index in [-0.39, 0.29) is 25.5 Å². The van der Waals surface area contributed by atoms with Gasteiger partial charge in [0, 0.05) is 10.7 Å². The number of aromatic nitrogens is 2. The Kier molecular flexibility index (Phi) is 3.50. The van der Waals surface area contributed by atoms with E-state index in [1.54, 1.807) is 0 Å². The number of fused-ring (bicyclic) bond motifs is 1. The van der Waals surface area contributed by atoms with E-state index < -0.39 is 21.3 Å². The predicted molar refractivity (Wildman–Crippen MR) is 87.3 cm³/mol. The molecule has 3 rings (SSSR count). The molecular weight excluding hydrogens is 342 g/mol. The number of benzene rings is 2. The Morgan fingerprint density at radius 3 is 2.52 bits per heavy atom. The normalized spacial score (nSPS) is 11.7. The van der Waals surface area contributed by atoms with Crippen molar-refractivity contribution >= 4 is 38.2 Å². The lowest BCUT2D eigenvalue weighted by Crippen LogP contribution is -2.40. The molecule has 0 atom stereocenters. The number of rotatable bonds is 2. The molecule has 7 nitrogen and oxygen atoms in total. The summed E-state index contributed by atoms with van der Waals surface area (Å²) < 4.78 is 25.4. The van der Waals surface area contributed by atoms with Gasteiger partial charge in [0.2, 0.25) is 0 Å². The molecule has 1 aromatic heterocycles. The van der Waals surface area contributed by atoms with E-state index in [4.69, 9.17) is 17.3 Å². The molecule has 0 amide bonds. The number of nitrogens with one attached hydrogen (secondary N) is 1. The molecule has 118 valence electrons. The lowest BCUT2D eigenvalue weighted by Gasteiger charge is -2.08. The summed E-state index contributed by atoms with van der Waals surface area (Å²) in [6, 6.07) is 9.49. The van der Waals surface area contributed by atoms with E-state index in [1.807, 2.05) is 0 Å². The molecule has 0 saturated carbocycles. The van der Waals surface area contributed by atoms with Crippen molar-refractivity contribution in [3.8, 4) is 0 Å². The number of hydrogen-bond donors (Lipinski definition) is 2. The quantitative estimate of drug-likeness (QED) is 0.672. The molecule has 0 spiro atoms. The molecule has 0 aliphatic carbocycles. The molecule has 3 N–H and O–H groups in total. The Balaban J connectivity index is 2.39. The zero-order chi connectivity index (χ0) is 16.8. The molecule has 0 bridgehead atoms. The Hall–Kier alpha value is -2.58. The van der Waals surface area contributed by atoms with Gasteiger partial charge in [-0.3, -0.25) is 4.79 Å². The van der Waals surface area contributed by atoms with Gasteiger partial charge >= 0.3 is 5.69 Å². The van der Waals surface area contributed by atoms with Crippen LogP contribution >= 0.6 is 11.6 Å². The molecule has 0 aliphatic rings. The molecule has 0 fully saturated rings. The van der Waals surface area contributed by atoms with E-state index >= 15 is 0 Å². The monoisotopic (exact) mass is 351 g/mol. The van der Waals surface area contributed by atoms with Crippen LogP contribution in [0.2, 0.25) is 5.02 Å². The fourth-order valence-electron chi connectivity index (χ4n) is 2.17. The number of nitrogens with two attached hydrogens (primary N) is 1. The van der Waals surface area contributed by atoms with Crippen LogP contribution in [-0.4, -0.2) is 17.4 Å². The first-order valence-corrected chi connectivity index (χ1v) is 8.18. The number of anilines is 1. The minimum Gasteiger partial charge on any atom is -0.399 e. The molecular formula is C14H10ClN3O4S. The maximum absolute atomic E-state index is 12.6. The van der Waals surface area contributed by atoms with Crippen molar-refractivity contribution in [3.05, 3.63) is 68.3 Å². The highest BCUT2D eigenvalue weighted by molar-refractivity contribution is 7.90. The highest BCUT2D eigenvalue weighted by Crippen LogP contribution is 2.16. The Morgan fingerprint density at radius 2 is 1.83 bits per heavy atom. The van der Waals surface area contributed by atoms with Crippen LogP contribution < -0.4 is 17.0 Å². The van der Waals surface area contributed by atoms with Crippen molar-refractivity contribution in [2.75, 3.05) is 5.73 Å². The topological polar surface area (TPSA) is 115 Å². The molecule has 9 heteroatoms. The lowest BCUT2D eigenvalue weighted by atomic mass is 10.2. The number of nitrogens with zero attached hydrogens (tertiary/aromatic N) is 1. The summed E-state index contributed by atoms with van der Waals surface area (Å²) in [7, 11) is -4.38. The first-order valence-electron chi connectivity index (χ1n) is 6.36. The number of aromatic amines is 1. The maximum Gasteiger partial charge on any atom is 0.343 e. The molecule has 0 radical (unpaired) electrons. The predicted octanol–water partition coefficient (Wildman–Crippen LogP) is 1.16. The second-order valence-corrected chi connectivity index (χ2v) is 6.99. The molecule has 0 aliphatic heterocycles. The Bertz CT molecular complexity index is 1150. The van der Waals surface area contributed by atoms with Gasteiger partial charge in [0.15, 0.2) is 0 Å². The first kappa shape index (κ1) is 15.3. The molecule has 2 aromatic carbocycles. The van der Waals surface area contributed by atoms with Crippen LogP contribution in [0.5, 0.6) is 0 Å². The number of hydrogen-bond acceptors (Lipinski definition) is 5. The van der Waals surface area contributed by atoms with Crippen molar-refractivity contribution in [2.24, 2.45) is 0 Å². The van der Waals surface area contributed by atoms with E-state index in [0.717, 1.165) is 0 Å². The first-order chi connectivity index (χ1) is 10.8. The van der Waals surface area contributed by atoms with Crippen LogP contribution in [0.1, 0.15) is 0 Å². The molecule has 23 heavy (non-hydrogen) atoms. The average Bonchev–Trinajstić information content (AvgIpc) is 2.46. The fraction of sp³-hybridized carbons (Fsp3) is 0. The van der Waals surface area contributed by atoms with Crippen molar-refractivity contribution in [2.45, 2.75) is 4.90 Å². The van der Waals surface area contributed by atoms with E-state index in [1.165, 1.54) is 42.5 Å². The largest absolute Gasteiger partial charge is 0.399 e. The van der Waals surface area contributed by atoms with Gasteiger partial charge in [-0.05, 0) is 36.4 Å². The van der Waals surface area contributed by atoms with E-state index in [9.17, 15) is 18.0 Å². The number of H-pyrrole nitrogens is 1. The van der Waals surface area contributed by atoms with E-state index in [2.05, 4.69) is 4.98 Å². The lowest BCUT2D eigenvalue weighted by molar-refractivity contribution is 0.582. The molecule has 1 heterocycles. The molecule has 0 unspecified atom stereocenters. The summed E-state index contributed by atoms with van der Waals surface area (Å²) >= 11 is 5.80. The minimum atomic E-state index is -4.38. The van der Waals surface area contributed by atoms with Crippen LogP contribution in [0, 0.1) is 0 Å². The second kappa shape index (κ2) is 5.25. The molecule has 0 saturated heterocycles. The zero-order valence-electron chi connectivity index (χ0n) is 11.5. The van der Waals surface area contributed by atoms with Crippen LogP contribution in [0.4, 0.5) is 5.69 Å². The van der Waals surface area contributed by atoms with Gasteiger partial charge in [0.1, 0.15) is 0 Å². The number of halogens is 1. The SMILES string of the molecule is Nc1cccc(S(=O)(=O)n2c(=O)[nH]c3cc(Cl)ccc3c2=O)c1. The summed E-state index contributed by atoms with van der Waals surface area (Å²) in [5.74, 6) is 0. The maximum atomic E-state index is 12.6. The van der Waals surface area contributed by atoms with Crippen LogP contribution in [-0.2, 0) is 10.0 Å². The van der Waals surface area contributed by atoms with Crippen LogP contribution in [0.15, 0.2) is 56.9 Å². The van der Waals surface area contributed by atoms with E-state index in [0.29, 0.717) is 5.02 Å². The summed E-state index contributed by atoms with van der Waals surface area (Å²) in [5, 5.41) is 0.338. The van der Waals surface area contributed by atoms with Crippen molar-refractivity contribution in [1.82, 2.24) is 8.96 Å². The summed E-state index contributed by atoms with van der Waals surface area (Å²) in [4.78, 5) is 26.7. The third-order valence-corrected chi connectivity index (χ3v) is 5.12. The van der Waals surface area contributed by atoms with Gasteiger partial charge in [0.25, 0.3) is 15.6 Å². The Labute approximate surface area is 135 Å². The van der Waals surface area contributed by atoms with Gasteiger partial charge in [-0.15, -0.1) is 3.97 Å². The van der Waals surface area contributed by atoms with Crippen LogP contribution in [0.3, 0.4) is 0 Å². The van der Waals surface area contributed by atoms with Gasteiger partial charge in [-0.25, -0.2) is 13.2 Å². The highest BCUT2D eigenvalue weighted by atomic mass is 35.5. The van der Waals surface area contributed by atoms with Gasteiger partial charge in [-0.2, -0.15) is 0 Å². The highest BCUT2D eigenvalue weighted by Gasteiger charge is 2.23. The van der Waals surface area contributed by atoms with Gasteiger partial charge < -0.3 is 10.7 Å². The standard InChI is InChI=1S/C14H10ClN3O4S/c15-8-4-5-11-12(6-8)17-14(20)18(13(11)19)23(21,22)10-3-1-2-9(16)7-10/h1-7H,16H2,(H,17,20). The van der Waals surface area contributed by atoms with Crippen LogP contribution in [0.25, 0.3) is 10.9 Å². The third-order valence-electron chi connectivity index (χ3n) is 3.22. The fourth-order valence-corrected chi connectivity index (χ4v) is 3.67. The Morgan fingerprint density at radius 1 is 1.09 bits per heavy atom. The summed E-state index contributed by atoms with van der Waals surface area (Å²) in [5.41, 5.74) is 3.89. The van der Waals surface area contributed by atoms with Gasteiger partial charge in [0.05, 0.1) is 15.8 Å². The van der Waals surface area contributed by atoms with Gasteiger partial charge in [-0.1, -0.05) is 17.7 Å². The zero-order valence-corrected chi connectivity index (χ0v) is 13.1. The third kappa shape index (κ3) is 2.51. The summed E-state index contributed by atoms with van der Waals surface area (Å²) in [6.45, 7) is 0. The number of nitrogen functional groups attached to an aromatic ring is 1. The van der Waals surface area contributed by atoms with Crippen molar-refractivity contribution in [1.29, 1.82) is 0 Å². The average molecular weight is 352 g/mol. The molecule has 3 aromatic rings.